The highest BCUT2D eigenvalue weighted by Gasteiger charge is 2.11. The van der Waals surface area contributed by atoms with E-state index in [0.717, 1.165) is 17.3 Å². The molecular formula is C17H22ClNS. The lowest BCUT2D eigenvalue weighted by atomic mass is 9.95. The standard InChI is InChI=1S/C17H22ClNS/c1-11-9-12(2)17(13(3)10-11)14(4)19-8-7-15-5-6-16(18)20-15/h5-6,9-10,14,19H,7-8H2,1-4H3. The molecule has 0 saturated heterocycles. The highest BCUT2D eigenvalue weighted by atomic mass is 35.5. The summed E-state index contributed by atoms with van der Waals surface area (Å²) < 4.78 is 0.873. The van der Waals surface area contributed by atoms with Crippen LogP contribution in [0.1, 0.15) is 40.1 Å². The van der Waals surface area contributed by atoms with Gasteiger partial charge in [0, 0.05) is 17.5 Å². The van der Waals surface area contributed by atoms with Crippen molar-refractivity contribution >= 4 is 22.9 Å². The molecule has 0 bridgehead atoms. The number of halogens is 1. The molecule has 1 aromatic heterocycles. The van der Waals surface area contributed by atoms with E-state index in [9.17, 15) is 0 Å². The second-order valence-corrected chi connectivity index (χ2v) is 7.24. The summed E-state index contributed by atoms with van der Waals surface area (Å²) in [7, 11) is 0. The van der Waals surface area contributed by atoms with E-state index in [2.05, 4.69) is 51.2 Å². The Morgan fingerprint density at radius 2 is 1.80 bits per heavy atom. The zero-order valence-electron chi connectivity index (χ0n) is 12.6. The fraction of sp³-hybridized carbons (Fsp3) is 0.412. The molecular weight excluding hydrogens is 286 g/mol. The minimum Gasteiger partial charge on any atom is -0.310 e. The van der Waals surface area contributed by atoms with E-state index in [1.807, 2.05) is 6.07 Å². The van der Waals surface area contributed by atoms with Crippen LogP contribution in [-0.2, 0) is 6.42 Å². The Hall–Kier alpha value is -0.830. The van der Waals surface area contributed by atoms with Crippen molar-refractivity contribution < 1.29 is 0 Å². The maximum Gasteiger partial charge on any atom is 0.0931 e. The first-order chi connectivity index (χ1) is 9.47. The summed E-state index contributed by atoms with van der Waals surface area (Å²) in [6.07, 6.45) is 1.03. The Labute approximate surface area is 131 Å². The van der Waals surface area contributed by atoms with Gasteiger partial charge in [0.2, 0.25) is 0 Å². The average Bonchev–Trinajstić information content (AvgIpc) is 2.73. The van der Waals surface area contributed by atoms with Crippen LogP contribution in [0.2, 0.25) is 4.34 Å². The number of hydrogen-bond donors (Lipinski definition) is 1. The lowest BCUT2D eigenvalue weighted by Crippen LogP contribution is -2.22. The summed E-state index contributed by atoms with van der Waals surface area (Å²) in [4.78, 5) is 1.34. The Morgan fingerprint density at radius 1 is 1.15 bits per heavy atom. The van der Waals surface area contributed by atoms with E-state index >= 15 is 0 Å². The van der Waals surface area contributed by atoms with Crippen LogP contribution in [0, 0.1) is 20.8 Å². The van der Waals surface area contributed by atoms with Gasteiger partial charge in [-0.05, 0) is 62.9 Å². The molecule has 0 amide bonds. The molecule has 0 aliphatic carbocycles. The van der Waals surface area contributed by atoms with Crippen LogP contribution < -0.4 is 5.32 Å². The van der Waals surface area contributed by atoms with Gasteiger partial charge in [-0.3, -0.25) is 0 Å². The van der Waals surface area contributed by atoms with Gasteiger partial charge < -0.3 is 5.32 Å². The molecule has 0 spiro atoms. The van der Waals surface area contributed by atoms with Crippen LogP contribution >= 0.6 is 22.9 Å². The summed E-state index contributed by atoms with van der Waals surface area (Å²) >= 11 is 7.62. The topological polar surface area (TPSA) is 12.0 Å². The number of hydrogen-bond acceptors (Lipinski definition) is 2. The zero-order valence-corrected chi connectivity index (χ0v) is 14.2. The molecule has 1 nitrogen and oxygen atoms in total. The highest BCUT2D eigenvalue weighted by Crippen LogP contribution is 2.24. The van der Waals surface area contributed by atoms with Crippen molar-refractivity contribution in [3.8, 4) is 0 Å². The Balaban J connectivity index is 1.96. The van der Waals surface area contributed by atoms with E-state index in [-0.39, 0.29) is 0 Å². The normalized spacial score (nSPS) is 12.7. The van der Waals surface area contributed by atoms with Crippen molar-refractivity contribution in [3.05, 3.63) is 55.7 Å². The van der Waals surface area contributed by atoms with Crippen molar-refractivity contribution in [2.24, 2.45) is 0 Å². The van der Waals surface area contributed by atoms with Gasteiger partial charge in [-0.2, -0.15) is 0 Å². The van der Waals surface area contributed by atoms with Crippen molar-refractivity contribution in [3.63, 3.8) is 0 Å². The number of thiophene rings is 1. The Kier molecular flexibility index (Phi) is 5.25. The fourth-order valence-electron chi connectivity index (χ4n) is 2.87. The maximum absolute atomic E-state index is 5.95. The molecule has 1 aromatic carbocycles. The van der Waals surface area contributed by atoms with Crippen molar-refractivity contribution in [2.45, 2.75) is 40.2 Å². The predicted octanol–water partition coefficient (Wildman–Crippen LogP) is 5.22. The predicted molar refractivity (Wildman–Crippen MR) is 90.1 cm³/mol. The van der Waals surface area contributed by atoms with Crippen molar-refractivity contribution in [1.82, 2.24) is 5.32 Å². The minimum atomic E-state index is 0.381. The summed E-state index contributed by atoms with van der Waals surface area (Å²) in [5.74, 6) is 0. The summed E-state index contributed by atoms with van der Waals surface area (Å²) in [5.41, 5.74) is 5.52. The number of benzene rings is 1. The minimum absolute atomic E-state index is 0.381. The van der Waals surface area contributed by atoms with Crippen LogP contribution in [0.4, 0.5) is 0 Å². The van der Waals surface area contributed by atoms with E-state index in [1.165, 1.54) is 27.1 Å². The molecule has 2 aromatic rings. The summed E-state index contributed by atoms with van der Waals surface area (Å²) in [5, 5.41) is 3.62. The molecule has 1 heterocycles. The number of rotatable bonds is 5. The van der Waals surface area contributed by atoms with E-state index < -0.39 is 0 Å². The lowest BCUT2D eigenvalue weighted by molar-refractivity contribution is 0.573. The van der Waals surface area contributed by atoms with Crippen LogP contribution in [-0.4, -0.2) is 6.54 Å². The first-order valence-electron chi connectivity index (χ1n) is 7.02. The second-order valence-electron chi connectivity index (χ2n) is 5.44. The molecule has 0 fully saturated rings. The monoisotopic (exact) mass is 307 g/mol. The lowest BCUT2D eigenvalue weighted by Gasteiger charge is -2.19. The van der Waals surface area contributed by atoms with Crippen molar-refractivity contribution in [2.75, 3.05) is 6.54 Å². The van der Waals surface area contributed by atoms with E-state index in [4.69, 9.17) is 11.6 Å². The molecule has 20 heavy (non-hydrogen) atoms. The molecule has 1 N–H and O–H groups in total. The van der Waals surface area contributed by atoms with Gasteiger partial charge in [0.15, 0.2) is 0 Å². The van der Waals surface area contributed by atoms with Gasteiger partial charge in [-0.15, -0.1) is 11.3 Å². The van der Waals surface area contributed by atoms with Gasteiger partial charge in [-0.1, -0.05) is 29.3 Å². The number of nitrogens with one attached hydrogen (secondary N) is 1. The number of aryl methyl sites for hydroxylation is 3. The third-order valence-corrected chi connectivity index (χ3v) is 4.91. The van der Waals surface area contributed by atoms with Crippen LogP contribution in [0.25, 0.3) is 0 Å². The molecule has 0 aliphatic heterocycles. The fourth-order valence-corrected chi connectivity index (χ4v) is 3.96. The smallest absolute Gasteiger partial charge is 0.0931 e. The van der Waals surface area contributed by atoms with Gasteiger partial charge in [0.05, 0.1) is 4.34 Å². The Bertz CT molecular complexity index is 565. The van der Waals surface area contributed by atoms with Gasteiger partial charge in [-0.25, -0.2) is 0 Å². The van der Waals surface area contributed by atoms with Gasteiger partial charge >= 0.3 is 0 Å². The summed E-state index contributed by atoms with van der Waals surface area (Å²) in [6.45, 7) is 9.78. The molecule has 0 aliphatic rings. The molecule has 1 unspecified atom stereocenters. The summed E-state index contributed by atoms with van der Waals surface area (Å²) in [6, 6.07) is 8.99. The third-order valence-electron chi connectivity index (χ3n) is 3.62. The van der Waals surface area contributed by atoms with Gasteiger partial charge in [0.25, 0.3) is 0 Å². The van der Waals surface area contributed by atoms with E-state index in [0.29, 0.717) is 6.04 Å². The molecule has 108 valence electrons. The molecule has 3 heteroatoms. The average molecular weight is 308 g/mol. The Morgan fingerprint density at radius 3 is 2.35 bits per heavy atom. The maximum atomic E-state index is 5.95. The van der Waals surface area contributed by atoms with Crippen molar-refractivity contribution in [1.29, 1.82) is 0 Å². The quantitative estimate of drug-likeness (QED) is 0.798. The van der Waals surface area contributed by atoms with Gasteiger partial charge in [0.1, 0.15) is 0 Å². The van der Waals surface area contributed by atoms with E-state index in [1.54, 1.807) is 11.3 Å². The third kappa shape index (κ3) is 3.85. The molecule has 2 rings (SSSR count). The zero-order chi connectivity index (χ0) is 14.7. The van der Waals surface area contributed by atoms with Crippen LogP contribution in [0.3, 0.4) is 0 Å². The van der Waals surface area contributed by atoms with Crippen LogP contribution in [0.15, 0.2) is 24.3 Å². The van der Waals surface area contributed by atoms with Crippen LogP contribution in [0.5, 0.6) is 0 Å². The second kappa shape index (κ2) is 6.75. The molecule has 0 radical (unpaired) electrons. The first kappa shape index (κ1) is 15.6. The SMILES string of the molecule is Cc1cc(C)c(C(C)NCCc2ccc(Cl)s2)c(C)c1. The molecule has 1 atom stereocenters. The first-order valence-corrected chi connectivity index (χ1v) is 8.22. The largest absolute Gasteiger partial charge is 0.310 e. The highest BCUT2D eigenvalue weighted by molar-refractivity contribution is 7.16. The molecule has 0 saturated carbocycles.